The zero-order valence-corrected chi connectivity index (χ0v) is 9.61. The van der Waals surface area contributed by atoms with E-state index in [0.29, 0.717) is 0 Å². The Hall–Kier alpha value is -1.51. The number of fused-ring (bicyclic) bond motifs is 1. The van der Waals surface area contributed by atoms with Crippen molar-refractivity contribution in [3.63, 3.8) is 0 Å². The van der Waals surface area contributed by atoms with E-state index in [2.05, 4.69) is 30.2 Å². The van der Waals surface area contributed by atoms with Crippen molar-refractivity contribution in [2.75, 3.05) is 7.11 Å². The van der Waals surface area contributed by atoms with E-state index in [1.54, 1.807) is 7.11 Å². The van der Waals surface area contributed by atoms with Gasteiger partial charge in [0.15, 0.2) is 0 Å². The topological polar surface area (TPSA) is 26.5 Å². The maximum Gasteiger partial charge on any atom is 0.122 e. The van der Waals surface area contributed by atoms with Gasteiger partial charge in [0.1, 0.15) is 11.6 Å². The molecule has 0 saturated carbocycles. The molecule has 0 aromatic carbocycles. The van der Waals surface area contributed by atoms with Crippen LogP contribution in [0.4, 0.5) is 0 Å². The summed E-state index contributed by atoms with van der Waals surface area (Å²) >= 11 is 0. The van der Waals surface area contributed by atoms with Crippen LogP contribution in [0.2, 0.25) is 0 Å². The zero-order valence-electron chi connectivity index (χ0n) is 9.61. The predicted molar refractivity (Wildman–Crippen MR) is 60.4 cm³/mol. The number of imidazole rings is 1. The van der Waals surface area contributed by atoms with Crippen LogP contribution >= 0.6 is 0 Å². The van der Waals surface area contributed by atoms with Gasteiger partial charge in [0.2, 0.25) is 0 Å². The van der Waals surface area contributed by atoms with Crippen LogP contribution in [-0.2, 0) is 5.41 Å². The second-order valence-corrected chi connectivity index (χ2v) is 4.69. The lowest BCUT2D eigenvalue weighted by Crippen LogP contribution is -2.15. The smallest absolute Gasteiger partial charge is 0.122 e. The van der Waals surface area contributed by atoms with Gasteiger partial charge in [-0.2, -0.15) is 0 Å². The third-order valence-corrected chi connectivity index (χ3v) is 2.41. The van der Waals surface area contributed by atoms with Crippen molar-refractivity contribution in [3.05, 3.63) is 30.4 Å². The van der Waals surface area contributed by atoms with E-state index in [9.17, 15) is 0 Å². The Kier molecular flexibility index (Phi) is 2.18. The number of hydrogen-bond donors (Lipinski definition) is 0. The molecule has 3 nitrogen and oxygen atoms in total. The molecule has 2 aromatic rings. The van der Waals surface area contributed by atoms with Crippen molar-refractivity contribution < 1.29 is 4.74 Å². The quantitative estimate of drug-likeness (QED) is 0.714. The maximum absolute atomic E-state index is 5.18. The third kappa shape index (κ3) is 1.69. The molecule has 0 bridgehead atoms. The predicted octanol–water partition coefficient (Wildman–Crippen LogP) is 2.64. The Morgan fingerprint density at radius 2 is 2.07 bits per heavy atom. The molecule has 0 spiro atoms. The summed E-state index contributed by atoms with van der Waals surface area (Å²) in [6.07, 6.45) is 3.88. The van der Waals surface area contributed by atoms with Gasteiger partial charge in [-0.15, -0.1) is 0 Å². The molecule has 2 rings (SSSR count). The van der Waals surface area contributed by atoms with E-state index in [4.69, 9.17) is 4.74 Å². The summed E-state index contributed by atoms with van der Waals surface area (Å²) in [6, 6.07) is 3.94. The Balaban J connectivity index is 2.62. The zero-order chi connectivity index (χ0) is 11.1. The van der Waals surface area contributed by atoms with Gasteiger partial charge in [0.05, 0.1) is 18.8 Å². The van der Waals surface area contributed by atoms with Gasteiger partial charge in [-0.1, -0.05) is 20.8 Å². The van der Waals surface area contributed by atoms with Gasteiger partial charge in [-0.3, -0.25) is 0 Å². The van der Waals surface area contributed by atoms with Crippen LogP contribution in [0.5, 0.6) is 5.75 Å². The second kappa shape index (κ2) is 3.26. The fourth-order valence-corrected chi connectivity index (χ4v) is 1.66. The van der Waals surface area contributed by atoms with Gasteiger partial charge in [-0.25, -0.2) is 4.98 Å². The molecule has 0 aliphatic rings. The lowest BCUT2D eigenvalue weighted by atomic mass is 9.96. The van der Waals surface area contributed by atoms with Gasteiger partial charge in [-0.05, 0) is 6.07 Å². The first kappa shape index (κ1) is 10.0. The van der Waals surface area contributed by atoms with Crippen molar-refractivity contribution in [1.29, 1.82) is 0 Å². The number of pyridine rings is 1. The number of aromatic nitrogens is 2. The monoisotopic (exact) mass is 204 g/mol. The Morgan fingerprint density at radius 1 is 1.33 bits per heavy atom. The van der Waals surface area contributed by atoms with Crippen LogP contribution in [0, 0.1) is 0 Å². The molecule has 2 heterocycles. The van der Waals surface area contributed by atoms with Crippen molar-refractivity contribution >= 4 is 5.52 Å². The Labute approximate surface area is 89.7 Å². The van der Waals surface area contributed by atoms with E-state index in [-0.39, 0.29) is 5.41 Å². The fraction of sp³-hybridized carbons (Fsp3) is 0.417. The molecule has 0 aliphatic heterocycles. The van der Waals surface area contributed by atoms with Crippen molar-refractivity contribution in [2.45, 2.75) is 26.2 Å². The summed E-state index contributed by atoms with van der Waals surface area (Å²) in [6.45, 7) is 6.48. The van der Waals surface area contributed by atoms with Crippen LogP contribution in [0.1, 0.15) is 26.6 Å². The van der Waals surface area contributed by atoms with Gasteiger partial charge >= 0.3 is 0 Å². The van der Waals surface area contributed by atoms with Crippen molar-refractivity contribution in [3.8, 4) is 5.75 Å². The molecule has 15 heavy (non-hydrogen) atoms. The molecule has 0 amide bonds. The lowest BCUT2D eigenvalue weighted by molar-refractivity contribution is 0.414. The highest BCUT2D eigenvalue weighted by Crippen LogP contribution is 2.23. The highest BCUT2D eigenvalue weighted by molar-refractivity contribution is 5.51. The second-order valence-electron chi connectivity index (χ2n) is 4.69. The SMILES string of the molecule is COc1ccn2c(C(C)(C)C)ncc2c1. The van der Waals surface area contributed by atoms with Crippen LogP contribution in [0.3, 0.4) is 0 Å². The van der Waals surface area contributed by atoms with Crippen LogP contribution in [0.25, 0.3) is 5.52 Å². The summed E-state index contributed by atoms with van der Waals surface area (Å²) in [4.78, 5) is 4.45. The van der Waals surface area contributed by atoms with Crippen LogP contribution < -0.4 is 4.74 Å². The minimum Gasteiger partial charge on any atom is -0.497 e. The summed E-state index contributed by atoms with van der Waals surface area (Å²) in [5.41, 5.74) is 1.13. The third-order valence-electron chi connectivity index (χ3n) is 2.41. The minimum atomic E-state index is 0.0566. The Bertz CT molecular complexity index is 480. The molecule has 0 radical (unpaired) electrons. The Morgan fingerprint density at radius 3 is 2.67 bits per heavy atom. The van der Waals surface area contributed by atoms with E-state index in [1.807, 2.05) is 24.5 Å². The number of nitrogens with zero attached hydrogens (tertiary/aromatic N) is 2. The molecule has 80 valence electrons. The van der Waals surface area contributed by atoms with Crippen molar-refractivity contribution in [1.82, 2.24) is 9.38 Å². The first-order chi connectivity index (χ1) is 7.02. The van der Waals surface area contributed by atoms with Gasteiger partial charge in [0, 0.05) is 17.7 Å². The first-order valence-electron chi connectivity index (χ1n) is 5.04. The molecule has 0 atom stereocenters. The first-order valence-corrected chi connectivity index (χ1v) is 5.04. The minimum absolute atomic E-state index is 0.0566. The molecule has 0 unspecified atom stereocenters. The van der Waals surface area contributed by atoms with E-state index in [1.165, 1.54) is 0 Å². The van der Waals surface area contributed by atoms with Gasteiger partial charge in [0.25, 0.3) is 0 Å². The van der Waals surface area contributed by atoms with Crippen LogP contribution in [-0.4, -0.2) is 16.5 Å². The number of hydrogen-bond acceptors (Lipinski definition) is 2. The average molecular weight is 204 g/mol. The van der Waals surface area contributed by atoms with E-state index in [0.717, 1.165) is 17.1 Å². The van der Waals surface area contributed by atoms with E-state index < -0.39 is 0 Å². The fourth-order valence-electron chi connectivity index (χ4n) is 1.66. The normalized spacial score (nSPS) is 12.0. The number of methoxy groups -OCH3 is 1. The summed E-state index contributed by atoms with van der Waals surface area (Å²) in [5.74, 6) is 1.93. The van der Waals surface area contributed by atoms with Crippen molar-refractivity contribution in [2.24, 2.45) is 0 Å². The molecule has 0 aliphatic carbocycles. The molecular weight excluding hydrogens is 188 g/mol. The lowest BCUT2D eigenvalue weighted by Gasteiger charge is -2.16. The molecular formula is C12H16N2O. The highest BCUT2D eigenvalue weighted by atomic mass is 16.5. The summed E-state index contributed by atoms with van der Waals surface area (Å²) in [5, 5.41) is 0. The van der Waals surface area contributed by atoms with Gasteiger partial charge < -0.3 is 9.14 Å². The summed E-state index contributed by atoms with van der Waals surface area (Å²) in [7, 11) is 1.67. The summed E-state index contributed by atoms with van der Waals surface area (Å²) < 4.78 is 7.28. The molecule has 0 N–H and O–H groups in total. The average Bonchev–Trinajstić information content (AvgIpc) is 2.59. The van der Waals surface area contributed by atoms with Crippen LogP contribution in [0.15, 0.2) is 24.5 Å². The molecule has 3 heteroatoms. The van der Waals surface area contributed by atoms with E-state index >= 15 is 0 Å². The molecule has 0 fully saturated rings. The molecule has 2 aromatic heterocycles. The highest BCUT2D eigenvalue weighted by Gasteiger charge is 2.19. The standard InChI is InChI=1S/C12H16N2O/c1-12(2,3)11-13-8-9-7-10(15-4)5-6-14(9)11/h5-8H,1-4H3. The molecule has 0 saturated heterocycles. The number of ether oxygens (including phenoxy) is 1. The number of rotatable bonds is 1. The largest absolute Gasteiger partial charge is 0.497 e. The maximum atomic E-state index is 5.18.